The maximum Gasteiger partial charge on any atom is 0.297 e. The molecule has 1 aliphatic heterocycles. The topological polar surface area (TPSA) is 130 Å². The zero-order valence-corrected chi connectivity index (χ0v) is 25.0. The van der Waals surface area contributed by atoms with Crippen LogP contribution in [0, 0.1) is 11.2 Å². The summed E-state index contributed by atoms with van der Waals surface area (Å²) < 4.78 is 13.1. The first-order chi connectivity index (χ1) is 18.8. The molecule has 1 saturated heterocycles. The van der Waals surface area contributed by atoms with Crippen molar-refractivity contribution in [2.24, 2.45) is 10.1 Å². The first-order valence-corrected chi connectivity index (χ1v) is 13.4. The van der Waals surface area contributed by atoms with E-state index in [0.29, 0.717) is 38.1 Å². The van der Waals surface area contributed by atoms with Crippen LogP contribution >= 0.6 is 0 Å². The largest absolute Gasteiger partial charge is 0.389 e. The Morgan fingerprint density at radius 1 is 1.12 bits per heavy atom. The number of amides is 2. The number of hydrogen-bond acceptors (Lipinski definition) is 7. The molecule has 222 valence electrons. The van der Waals surface area contributed by atoms with E-state index in [4.69, 9.17) is 5.41 Å². The molecule has 1 aromatic carbocycles. The molecule has 40 heavy (non-hydrogen) atoms. The third-order valence-electron chi connectivity index (χ3n) is 5.63. The minimum atomic E-state index is -1.10. The lowest BCUT2D eigenvalue weighted by molar-refractivity contribution is -0.139. The van der Waals surface area contributed by atoms with Crippen molar-refractivity contribution in [2.75, 3.05) is 27.2 Å². The molecule has 0 spiro atoms. The first kappa shape index (κ1) is 36.3. The number of aliphatic hydroxyl groups is 1. The van der Waals surface area contributed by atoms with Crippen molar-refractivity contribution in [1.82, 2.24) is 14.8 Å². The van der Waals surface area contributed by atoms with Crippen molar-refractivity contribution >= 4 is 35.9 Å². The number of Topliss-reactive ketones (excluding diaryl/α,β-unsaturated/α-hetero) is 1. The van der Waals surface area contributed by atoms with Gasteiger partial charge in [-0.2, -0.15) is 10.1 Å². The molecule has 10 nitrogen and oxygen atoms in total. The third kappa shape index (κ3) is 11.6. The van der Waals surface area contributed by atoms with Gasteiger partial charge in [0.1, 0.15) is 11.6 Å². The van der Waals surface area contributed by atoms with Crippen LogP contribution in [0.4, 0.5) is 4.39 Å². The number of halogens is 1. The molecule has 2 amide bonds. The van der Waals surface area contributed by atoms with Crippen LogP contribution in [0.3, 0.4) is 0 Å². The molecule has 0 bridgehead atoms. The highest BCUT2D eigenvalue weighted by molar-refractivity contribution is 6.63. The second kappa shape index (κ2) is 17.8. The van der Waals surface area contributed by atoms with E-state index in [-0.39, 0.29) is 24.0 Å². The Kier molecular flexibility index (Phi) is 16.1. The maximum atomic E-state index is 13.1. The van der Waals surface area contributed by atoms with Gasteiger partial charge in [0.05, 0.1) is 12.0 Å². The van der Waals surface area contributed by atoms with Gasteiger partial charge in [0.15, 0.2) is 0 Å². The summed E-state index contributed by atoms with van der Waals surface area (Å²) in [5, 5.41) is 23.1. The van der Waals surface area contributed by atoms with Crippen LogP contribution in [0.25, 0.3) is 0 Å². The fraction of sp³-hybridized carbons (Fsp3) is 0.517. The Labute approximate surface area is 237 Å². The fourth-order valence-electron chi connectivity index (χ4n) is 3.65. The van der Waals surface area contributed by atoms with Gasteiger partial charge in [-0.1, -0.05) is 52.8 Å². The first-order valence-electron chi connectivity index (χ1n) is 13.4. The number of rotatable bonds is 9. The summed E-state index contributed by atoms with van der Waals surface area (Å²) in [6.07, 6.45) is 2.35. The molecule has 1 aliphatic rings. The van der Waals surface area contributed by atoms with Gasteiger partial charge >= 0.3 is 0 Å². The highest BCUT2D eigenvalue weighted by atomic mass is 19.1. The molecule has 0 saturated carbocycles. The van der Waals surface area contributed by atoms with E-state index in [1.165, 1.54) is 32.6 Å². The monoisotopic (exact) mass is 560 g/mol. The summed E-state index contributed by atoms with van der Waals surface area (Å²) in [5.74, 6) is -3.44. The number of nitrogens with zero attached hydrogens (tertiary/aromatic N) is 5. The molecule has 0 aromatic heterocycles. The molecule has 2 N–H and O–H groups in total. The van der Waals surface area contributed by atoms with Gasteiger partial charge in [0.25, 0.3) is 11.7 Å². The zero-order valence-electron chi connectivity index (χ0n) is 25.0. The molecule has 11 heteroatoms. The van der Waals surface area contributed by atoms with Crippen LogP contribution in [0.15, 0.2) is 46.8 Å². The number of likely N-dealkylation sites (N-methyl/N-ethyl adjacent to an activating group) is 1. The van der Waals surface area contributed by atoms with E-state index in [9.17, 15) is 23.9 Å². The van der Waals surface area contributed by atoms with Gasteiger partial charge in [0.2, 0.25) is 11.7 Å². The van der Waals surface area contributed by atoms with Crippen LogP contribution in [-0.2, 0) is 20.8 Å². The minimum absolute atomic E-state index is 0.0434. The number of carbonyl (C=O) groups is 3. The van der Waals surface area contributed by atoms with Crippen molar-refractivity contribution in [3.63, 3.8) is 0 Å². The number of amidine groups is 1. The standard InChI is InChI=1S/C24H31FN6O4.C3H8.C2H6/c1-16(28-17(2)31(27-3)22(26)21(33)23(34)29(4)5)14-20(32)30-12-10-24(35,11-13-30)15-18-6-8-19(25)9-7-18;1-3-2;1-2/h6-9,26,35H,2-3,10-15H2,1,4-5H3;3H2,1-2H3;1-2H3/b26-22?,28-16-;;. The van der Waals surface area contributed by atoms with Gasteiger partial charge in [0, 0.05) is 46.0 Å². The quantitative estimate of drug-likeness (QED) is 0.204. The van der Waals surface area contributed by atoms with Gasteiger partial charge in [-0.05, 0) is 37.5 Å². The van der Waals surface area contributed by atoms with Crippen LogP contribution in [-0.4, -0.2) is 88.6 Å². The summed E-state index contributed by atoms with van der Waals surface area (Å²) in [7, 11) is 2.76. The minimum Gasteiger partial charge on any atom is -0.389 e. The summed E-state index contributed by atoms with van der Waals surface area (Å²) >= 11 is 0. The summed E-state index contributed by atoms with van der Waals surface area (Å²) in [6, 6.07) is 5.99. The van der Waals surface area contributed by atoms with E-state index in [2.05, 4.69) is 37.2 Å². The molecular weight excluding hydrogens is 515 g/mol. The van der Waals surface area contributed by atoms with Crippen molar-refractivity contribution in [3.05, 3.63) is 48.0 Å². The zero-order chi connectivity index (χ0) is 31.0. The Morgan fingerprint density at radius 3 is 2.08 bits per heavy atom. The normalized spacial score (nSPS) is 13.9. The van der Waals surface area contributed by atoms with Crippen molar-refractivity contribution in [2.45, 2.75) is 72.3 Å². The number of aliphatic imine (C=N–C) groups is 1. The number of hydrogen-bond donors (Lipinski definition) is 2. The van der Waals surface area contributed by atoms with Crippen LogP contribution in [0.2, 0.25) is 0 Å². The van der Waals surface area contributed by atoms with Crippen LogP contribution < -0.4 is 0 Å². The fourth-order valence-corrected chi connectivity index (χ4v) is 3.65. The van der Waals surface area contributed by atoms with E-state index in [0.717, 1.165) is 15.5 Å². The Morgan fingerprint density at radius 2 is 1.62 bits per heavy atom. The van der Waals surface area contributed by atoms with Gasteiger partial charge in [-0.3, -0.25) is 19.8 Å². The smallest absolute Gasteiger partial charge is 0.297 e. The summed E-state index contributed by atoms with van der Waals surface area (Å²) in [4.78, 5) is 43.5. The highest BCUT2D eigenvalue weighted by Crippen LogP contribution is 2.27. The van der Waals surface area contributed by atoms with Crippen LogP contribution in [0.1, 0.15) is 65.9 Å². The Balaban J connectivity index is 0.00000284. The molecule has 0 aliphatic carbocycles. The second-order valence-corrected chi connectivity index (χ2v) is 9.39. The number of nitrogens with one attached hydrogen (secondary N) is 1. The van der Waals surface area contributed by atoms with Gasteiger partial charge in [-0.15, -0.1) is 0 Å². The summed E-state index contributed by atoms with van der Waals surface area (Å²) in [5.41, 5.74) is 0.214. The Hall–Kier alpha value is -3.73. The van der Waals surface area contributed by atoms with Crippen molar-refractivity contribution in [1.29, 1.82) is 5.41 Å². The molecule has 1 aromatic rings. The van der Waals surface area contributed by atoms with E-state index in [1.54, 1.807) is 24.0 Å². The lowest BCUT2D eigenvalue weighted by atomic mass is 9.85. The van der Waals surface area contributed by atoms with E-state index < -0.39 is 23.1 Å². The lowest BCUT2D eigenvalue weighted by Crippen LogP contribution is -2.48. The van der Waals surface area contributed by atoms with Gasteiger partial charge in [-0.25, -0.2) is 9.38 Å². The molecule has 0 atom stereocenters. The van der Waals surface area contributed by atoms with Crippen molar-refractivity contribution < 1.29 is 23.9 Å². The molecular formula is C29H45FN6O4. The number of benzene rings is 1. The average Bonchev–Trinajstić information content (AvgIpc) is 2.91. The number of likely N-dealkylation sites (tertiary alicyclic amines) is 1. The number of carbonyl (C=O) groups excluding carboxylic acids is 3. The molecule has 0 radical (unpaired) electrons. The third-order valence-corrected chi connectivity index (χ3v) is 5.63. The molecule has 1 heterocycles. The number of piperidine rings is 1. The number of ketones is 1. The second-order valence-electron chi connectivity index (χ2n) is 9.39. The highest BCUT2D eigenvalue weighted by Gasteiger charge is 2.34. The summed E-state index contributed by atoms with van der Waals surface area (Å²) in [6.45, 7) is 17.5. The molecule has 2 rings (SSSR count). The molecule has 1 fully saturated rings. The average molecular weight is 561 g/mol. The Bertz CT molecular complexity index is 1060. The lowest BCUT2D eigenvalue weighted by Gasteiger charge is -2.38. The van der Waals surface area contributed by atoms with Gasteiger partial charge < -0.3 is 14.9 Å². The van der Waals surface area contributed by atoms with E-state index >= 15 is 0 Å². The van der Waals surface area contributed by atoms with Crippen molar-refractivity contribution in [3.8, 4) is 0 Å². The SMILES string of the molecule is C=NN(C(=C)/N=C(/C)CC(=O)N1CCC(O)(Cc2ccc(F)cc2)CC1)C(=N)C(=O)C(=O)N(C)C.CC.CCC. The predicted molar refractivity (Wildman–Crippen MR) is 158 cm³/mol. The van der Waals surface area contributed by atoms with E-state index in [1.807, 2.05) is 13.8 Å². The number of hydrazone groups is 1. The maximum absolute atomic E-state index is 13.1. The predicted octanol–water partition coefficient (Wildman–Crippen LogP) is 4.04. The molecule has 0 unspecified atom stereocenters. The van der Waals surface area contributed by atoms with Crippen LogP contribution in [0.5, 0.6) is 0 Å².